The summed E-state index contributed by atoms with van der Waals surface area (Å²) in [5.74, 6) is 2.08. The van der Waals surface area contributed by atoms with E-state index in [0.717, 1.165) is 11.8 Å². The molecule has 0 amide bonds. The quantitative estimate of drug-likeness (QED) is 0.320. The fourth-order valence-electron chi connectivity index (χ4n) is 8.71. The first-order chi connectivity index (χ1) is 18.4. The van der Waals surface area contributed by atoms with Crippen molar-refractivity contribution in [2.75, 3.05) is 13.2 Å². The summed E-state index contributed by atoms with van der Waals surface area (Å²) in [7, 11) is 0. The lowest BCUT2D eigenvalue weighted by Gasteiger charge is -2.46. The highest BCUT2D eigenvalue weighted by molar-refractivity contribution is 5.93. The van der Waals surface area contributed by atoms with Gasteiger partial charge in [-0.25, -0.2) is 9.59 Å². The molecule has 38 heavy (non-hydrogen) atoms. The molecule has 1 aromatic carbocycles. The molecule has 0 N–H and O–H groups in total. The molecule has 0 aromatic heterocycles. The minimum Gasteiger partial charge on any atom is -0.461 e. The second kappa shape index (κ2) is 12.1. The standard InChI is InChI=1S/C34H50O4/c1-25-21-29-11-5-6-12-30(29)22-26(2)34(19-9-4-10-20-34)24-38-32(36)28-15-13-27(14-16-28)31(35)37-23-33(25)17-7-3-8-18-33/h13-16,25-26,29-30H,3-12,17-24H2,1-2H3. The first-order valence-corrected chi connectivity index (χ1v) is 15.9. The van der Waals surface area contributed by atoms with Gasteiger partial charge in [0.15, 0.2) is 0 Å². The normalized spacial score (nSPS) is 32.6. The number of ether oxygens (including phenoxy) is 2. The Morgan fingerprint density at radius 3 is 1.32 bits per heavy atom. The molecule has 2 spiro atoms. The van der Waals surface area contributed by atoms with E-state index < -0.39 is 0 Å². The Morgan fingerprint density at radius 2 is 0.947 bits per heavy atom. The second-order valence-corrected chi connectivity index (χ2v) is 13.7. The van der Waals surface area contributed by atoms with Gasteiger partial charge in [0.25, 0.3) is 0 Å². The molecule has 3 saturated carbocycles. The van der Waals surface area contributed by atoms with Gasteiger partial charge < -0.3 is 9.47 Å². The lowest BCUT2D eigenvalue weighted by atomic mass is 9.60. The lowest BCUT2D eigenvalue weighted by Crippen LogP contribution is -2.40. The molecule has 6 rings (SSSR count). The molecule has 4 unspecified atom stereocenters. The predicted molar refractivity (Wildman–Crippen MR) is 151 cm³/mol. The average Bonchev–Trinajstić information content (AvgIpc) is 2.96. The maximum atomic E-state index is 13.1. The molecule has 4 nitrogen and oxygen atoms in total. The Balaban J connectivity index is 1.45. The molecule has 4 atom stereocenters. The van der Waals surface area contributed by atoms with Crippen molar-refractivity contribution in [1.29, 1.82) is 0 Å². The fraction of sp³-hybridized carbons (Fsp3) is 0.765. The predicted octanol–water partition coefficient (Wildman–Crippen LogP) is 8.77. The fourth-order valence-corrected chi connectivity index (χ4v) is 8.71. The molecule has 210 valence electrons. The van der Waals surface area contributed by atoms with Gasteiger partial charge >= 0.3 is 11.9 Å². The van der Waals surface area contributed by atoms with Crippen LogP contribution in [0.4, 0.5) is 0 Å². The van der Waals surface area contributed by atoms with Gasteiger partial charge in [0.1, 0.15) is 0 Å². The van der Waals surface area contributed by atoms with Crippen molar-refractivity contribution >= 4 is 11.9 Å². The molecule has 2 aliphatic heterocycles. The van der Waals surface area contributed by atoms with Crippen LogP contribution in [0.1, 0.15) is 137 Å². The van der Waals surface area contributed by atoms with E-state index in [2.05, 4.69) is 13.8 Å². The summed E-state index contributed by atoms with van der Waals surface area (Å²) in [5.41, 5.74) is 1.24. The van der Waals surface area contributed by atoms with Crippen LogP contribution in [0.2, 0.25) is 0 Å². The van der Waals surface area contributed by atoms with Crippen LogP contribution in [-0.4, -0.2) is 25.2 Å². The molecule has 5 aliphatic rings. The minimum absolute atomic E-state index is 0.0985. The van der Waals surface area contributed by atoms with Crippen molar-refractivity contribution in [2.45, 2.75) is 117 Å². The van der Waals surface area contributed by atoms with Crippen molar-refractivity contribution < 1.29 is 19.1 Å². The van der Waals surface area contributed by atoms with Gasteiger partial charge in [-0.2, -0.15) is 0 Å². The molecule has 1 aromatic rings. The molecular weight excluding hydrogens is 472 g/mol. The molecule has 2 bridgehead atoms. The Hall–Kier alpha value is -1.84. The SMILES string of the molecule is CC1CC2CCCCC2CC(C)C2(CCCCC2)COC(=O)c2ccc(cc2)C(=O)OCC12CCCCC2. The Bertz CT molecular complexity index is 861. The van der Waals surface area contributed by atoms with Gasteiger partial charge in [0.2, 0.25) is 0 Å². The summed E-state index contributed by atoms with van der Waals surface area (Å²) < 4.78 is 12.1. The van der Waals surface area contributed by atoms with E-state index >= 15 is 0 Å². The molecule has 3 aliphatic carbocycles. The summed E-state index contributed by atoms with van der Waals surface area (Å²) in [6.07, 6.45) is 20.1. The van der Waals surface area contributed by atoms with Gasteiger partial charge in [-0.3, -0.25) is 0 Å². The Kier molecular flexibility index (Phi) is 8.85. The van der Waals surface area contributed by atoms with Gasteiger partial charge in [0.05, 0.1) is 24.3 Å². The average molecular weight is 523 g/mol. The Morgan fingerprint density at radius 1 is 0.579 bits per heavy atom. The summed E-state index contributed by atoms with van der Waals surface area (Å²) in [5, 5.41) is 0. The van der Waals surface area contributed by atoms with Crippen LogP contribution in [0.3, 0.4) is 0 Å². The maximum Gasteiger partial charge on any atom is 0.338 e. The van der Waals surface area contributed by atoms with Gasteiger partial charge in [-0.15, -0.1) is 0 Å². The summed E-state index contributed by atoms with van der Waals surface area (Å²) >= 11 is 0. The number of rotatable bonds is 0. The number of hydrogen-bond donors (Lipinski definition) is 0. The third-order valence-electron chi connectivity index (χ3n) is 11.5. The highest BCUT2D eigenvalue weighted by Crippen LogP contribution is 2.51. The smallest absolute Gasteiger partial charge is 0.338 e. The highest BCUT2D eigenvalue weighted by atomic mass is 16.5. The van der Waals surface area contributed by atoms with Crippen LogP contribution in [0, 0.1) is 34.5 Å². The number of carbonyl (C=O) groups is 2. The van der Waals surface area contributed by atoms with Crippen molar-refractivity contribution in [1.82, 2.24) is 0 Å². The topological polar surface area (TPSA) is 52.6 Å². The molecule has 2 heterocycles. The molecule has 3 fully saturated rings. The number of hydrogen-bond acceptors (Lipinski definition) is 4. The van der Waals surface area contributed by atoms with E-state index in [4.69, 9.17) is 9.47 Å². The highest BCUT2D eigenvalue weighted by Gasteiger charge is 2.43. The van der Waals surface area contributed by atoms with Crippen molar-refractivity contribution in [3.05, 3.63) is 35.4 Å². The zero-order chi connectivity index (χ0) is 26.6. The number of carbonyl (C=O) groups excluding carboxylic acids is 2. The van der Waals surface area contributed by atoms with Crippen molar-refractivity contribution in [3.63, 3.8) is 0 Å². The largest absolute Gasteiger partial charge is 0.461 e. The van der Waals surface area contributed by atoms with Gasteiger partial charge in [0, 0.05) is 10.8 Å². The van der Waals surface area contributed by atoms with E-state index in [-0.39, 0.29) is 22.8 Å². The summed E-state index contributed by atoms with van der Waals surface area (Å²) in [6, 6.07) is 6.91. The molecule has 4 heteroatoms. The zero-order valence-electron chi connectivity index (χ0n) is 24.0. The first-order valence-electron chi connectivity index (χ1n) is 15.9. The first kappa shape index (κ1) is 27.7. The van der Waals surface area contributed by atoms with Crippen LogP contribution in [0.25, 0.3) is 0 Å². The van der Waals surface area contributed by atoms with Gasteiger partial charge in [-0.1, -0.05) is 78.1 Å². The minimum atomic E-state index is -0.270. The third kappa shape index (κ3) is 5.99. The molecular formula is C34H50O4. The molecule has 0 radical (unpaired) electrons. The maximum absolute atomic E-state index is 13.1. The monoisotopic (exact) mass is 522 g/mol. The zero-order valence-corrected chi connectivity index (χ0v) is 24.0. The van der Waals surface area contributed by atoms with Gasteiger partial charge in [-0.05, 0) is 86.5 Å². The number of esters is 2. The second-order valence-electron chi connectivity index (χ2n) is 13.7. The van der Waals surface area contributed by atoms with Crippen LogP contribution in [-0.2, 0) is 9.47 Å². The van der Waals surface area contributed by atoms with Crippen molar-refractivity contribution in [2.24, 2.45) is 34.5 Å². The van der Waals surface area contributed by atoms with Crippen LogP contribution in [0.5, 0.6) is 0 Å². The van der Waals surface area contributed by atoms with Crippen LogP contribution in [0.15, 0.2) is 24.3 Å². The number of fused-ring (bicyclic) bond motifs is 8. The van der Waals surface area contributed by atoms with E-state index in [0.29, 0.717) is 36.2 Å². The Labute approximate surface area is 230 Å². The number of benzene rings is 1. The molecule has 0 saturated heterocycles. The lowest BCUT2D eigenvalue weighted by molar-refractivity contribution is -0.0242. The van der Waals surface area contributed by atoms with Crippen LogP contribution < -0.4 is 0 Å². The van der Waals surface area contributed by atoms with E-state index in [9.17, 15) is 9.59 Å². The van der Waals surface area contributed by atoms with Crippen molar-refractivity contribution in [3.8, 4) is 0 Å². The summed E-state index contributed by atoms with van der Waals surface area (Å²) in [4.78, 5) is 26.1. The van der Waals surface area contributed by atoms with E-state index in [1.165, 1.54) is 103 Å². The third-order valence-corrected chi connectivity index (χ3v) is 11.5. The van der Waals surface area contributed by atoms with E-state index in [1.54, 1.807) is 24.3 Å². The van der Waals surface area contributed by atoms with E-state index in [1.807, 2.05) is 0 Å². The van der Waals surface area contributed by atoms with Crippen LogP contribution >= 0.6 is 0 Å². The summed E-state index contributed by atoms with van der Waals surface area (Å²) in [6.45, 7) is 5.97.